The highest BCUT2D eigenvalue weighted by atomic mass is 35.5. The van der Waals surface area contributed by atoms with Crippen molar-refractivity contribution in [2.75, 3.05) is 0 Å². The Morgan fingerprint density at radius 3 is 1.24 bits per heavy atom. The fourth-order valence-electron chi connectivity index (χ4n) is 2.20. The maximum Gasteiger partial charge on any atom is 0.252 e. The topological polar surface area (TPSA) is 34.1 Å². The predicted molar refractivity (Wildman–Crippen MR) is 85.4 cm³/mol. The first-order valence-electron chi connectivity index (χ1n) is 6.43. The molecule has 0 atom stereocenters. The minimum atomic E-state index is -0.468. The monoisotopic (exact) mass is 320 g/mol. The molecule has 0 spiro atoms. The number of carbonyl (C=O) groups is 2. The predicted octanol–water partition coefficient (Wildman–Crippen LogP) is 4.77. The molecule has 0 aliphatic rings. The van der Waals surface area contributed by atoms with Crippen molar-refractivity contribution < 1.29 is 9.59 Å². The van der Waals surface area contributed by atoms with Gasteiger partial charge in [-0.3, -0.25) is 9.59 Å². The van der Waals surface area contributed by atoms with E-state index in [9.17, 15) is 9.59 Å². The Morgan fingerprint density at radius 2 is 1.00 bits per heavy atom. The third kappa shape index (κ3) is 3.34. The standard InChI is InChI=1S/C17H14Cl2O2/c1-17(2,13-7-3-11(4-8-13)15(18)20)14-9-5-12(6-10-14)16(19)21/h3-10H,1-2H3. The van der Waals surface area contributed by atoms with Crippen molar-refractivity contribution in [1.82, 2.24) is 0 Å². The van der Waals surface area contributed by atoms with Crippen molar-refractivity contribution >= 4 is 33.7 Å². The number of rotatable bonds is 4. The van der Waals surface area contributed by atoms with Gasteiger partial charge in [0.15, 0.2) is 0 Å². The fraction of sp³-hybridized carbons (Fsp3) is 0.176. The third-order valence-corrected chi connectivity index (χ3v) is 4.10. The fourth-order valence-corrected chi connectivity index (χ4v) is 2.45. The first-order valence-corrected chi connectivity index (χ1v) is 7.18. The molecule has 0 aromatic heterocycles. The summed E-state index contributed by atoms with van der Waals surface area (Å²) in [6.45, 7) is 4.14. The van der Waals surface area contributed by atoms with Gasteiger partial charge in [-0.2, -0.15) is 0 Å². The molecule has 0 amide bonds. The number of hydrogen-bond acceptors (Lipinski definition) is 2. The lowest BCUT2D eigenvalue weighted by Crippen LogP contribution is -2.19. The van der Waals surface area contributed by atoms with E-state index in [1.165, 1.54) is 0 Å². The number of carbonyl (C=O) groups excluding carboxylic acids is 2. The van der Waals surface area contributed by atoms with E-state index < -0.39 is 10.5 Å². The number of benzene rings is 2. The highest BCUT2D eigenvalue weighted by molar-refractivity contribution is 6.68. The van der Waals surface area contributed by atoms with Gasteiger partial charge in [0.1, 0.15) is 0 Å². The molecule has 4 heteroatoms. The summed E-state index contributed by atoms with van der Waals surface area (Å²) in [4.78, 5) is 22.2. The van der Waals surface area contributed by atoms with Crippen LogP contribution < -0.4 is 0 Å². The van der Waals surface area contributed by atoms with Crippen LogP contribution in [0.5, 0.6) is 0 Å². The van der Waals surface area contributed by atoms with Crippen LogP contribution in [-0.2, 0) is 5.41 Å². The van der Waals surface area contributed by atoms with Crippen molar-refractivity contribution in [3.8, 4) is 0 Å². The molecule has 0 N–H and O–H groups in total. The van der Waals surface area contributed by atoms with Crippen molar-refractivity contribution in [3.63, 3.8) is 0 Å². The van der Waals surface area contributed by atoms with Gasteiger partial charge in [0.25, 0.3) is 10.5 Å². The Kier molecular flexibility index (Phi) is 4.50. The lowest BCUT2D eigenvalue weighted by molar-refractivity contribution is 0.107. The SMILES string of the molecule is CC(C)(c1ccc(C(=O)Cl)cc1)c1ccc(C(=O)Cl)cc1. The van der Waals surface area contributed by atoms with E-state index in [2.05, 4.69) is 13.8 Å². The van der Waals surface area contributed by atoms with Crippen LogP contribution in [0.4, 0.5) is 0 Å². The second kappa shape index (κ2) is 6.00. The second-order valence-electron chi connectivity index (χ2n) is 5.33. The maximum atomic E-state index is 11.1. The molecule has 0 aliphatic carbocycles. The molecule has 2 rings (SSSR count). The Balaban J connectivity index is 2.36. The molecule has 0 bridgehead atoms. The van der Waals surface area contributed by atoms with Gasteiger partial charge in [-0.1, -0.05) is 38.1 Å². The summed E-state index contributed by atoms with van der Waals surface area (Å²) in [5.74, 6) is 0. The summed E-state index contributed by atoms with van der Waals surface area (Å²) >= 11 is 10.9. The average molecular weight is 321 g/mol. The van der Waals surface area contributed by atoms with Gasteiger partial charge in [-0.25, -0.2) is 0 Å². The van der Waals surface area contributed by atoms with Crippen LogP contribution in [0, 0.1) is 0 Å². The average Bonchev–Trinajstić information content (AvgIpc) is 2.47. The van der Waals surface area contributed by atoms with Crippen LogP contribution in [0.1, 0.15) is 45.7 Å². The van der Waals surface area contributed by atoms with Crippen LogP contribution in [-0.4, -0.2) is 10.5 Å². The summed E-state index contributed by atoms with van der Waals surface area (Å²) < 4.78 is 0. The van der Waals surface area contributed by atoms with Gasteiger partial charge >= 0.3 is 0 Å². The van der Waals surface area contributed by atoms with Gasteiger partial charge in [0, 0.05) is 16.5 Å². The van der Waals surface area contributed by atoms with Gasteiger partial charge in [-0.05, 0) is 58.6 Å². The van der Waals surface area contributed by atoms with Crippen LogP contribution in [0.2, 0.25) is 0 Å². The minimum Gasteiger partial charge on any atom is -0.276 e. The molecule has 2 nitrogen and oxygen atoms in total. The summed E-state index contributed by atoms with van der Waals surface area (Å²) in [5.41, 5.74) is 2.78. The maximum absolute atomic E-state index is 11.1. The smallest absolute Gasteiger partial charge is 0.252 e. The largest absolute Gasteiger partial charge is 0.276 e. The summed E-state index contributed by atoms with van der Waals surface area (Å²) in [5, 5.41) is -0.936. The van der Waals surface area contributed by atoms with Gasteiger partial charge in [0.05, 0.1) is 0 Å². The molecule has 0 unspecified atom stereocenters. The summed E-state index contributed by atoms with van der Waals surface area (Å²) in [6.07, 6.45) is 0. The van der Waals surface area contributed by atoms with Gasteiger partial charge in [0.2, 0.25) is 0 Å². The van der Waals surface area contributed by atoms with Crippen molar-refractivity contribution in [2.24, 2.45) is 0 Å². The van der Waals surface area contributed by atoms with Crippen molar-refractivity contribution in [2.45, 2.75) is 19.3 Å². The van der Waals surface area contributed by atoms with E-state index in [4.69, 9.17) is 23.2 Å². The molecular formula is C17H14Cl2O2. The van der Waals surface area contributed by atoms with Crippen LogP contribution in [0.15, 0.2) is 48.5 Å². The first-order chi connectivity index (χ1) is 9.82. The zero-order valence-electron chi connectivity index (χ0n) is 11.7. The van der Waals surface area contributed by atoms with E-state index in [0.29, 0.717) is 11.1 Å². The van der Waals surface area contributed by atoms with Gasteiger partial charge in [-0.15, -0.1) is 0 Å². The first kappa shape index (κ1) is 15.7. The van der Waals surface area contributed by atoms with Crippen LogP contribution in [0.3, 0.4) is 0 Å². The van der Waals surface area contributed by atoms with E-state index >= 15 is 0 Å². The van der Waals surface area contributed by atoms with Crippen LogP contribution in [0.25, 0.3) is 0 Å². The highest BCUT2D eigenvalue weighted by Crippen LogP contribution is 2.32. The zero-order chi connectivity index (χ0) is 15.6. The highest BCUT2D eigenvalue weighted by Gasteiger charge is 2.23. The molecule has 0 saturated heterocycles. The molecular weight excluding hydrogens is 307 g/mol. The second-order valence-corrected chi connectivity index (χ2v) is 6.01. The molecule has 0 aliphatic heterocycles. The number of halogens is 2. The molecule has 0 heterocycles. The molecule has 0 saturated carbocycles. The Morgan fingerprint density at radius 1 is 0.714 bits per heavy atom. The molecule has 108 valence electrons. The lowest BCUT2D eigenvalue weighted by atomic mass is 9.78. The summed E-state index contributed by atoms with van der Waals surface area (Å²) in [6, 6.07) is 14.4. The van der Waals surface area contributed by atoms with E-state index in [0.717, 1.165) is 11.1 Å². The van der Waals surface area contributed by atoms with Crippen molar-refractivity contribution in [1.29, 1.82) is 0 Å². The molecule has 0 fully saturated rings. The van der Waals surface area contributed by atoms with Gasteiger partial charge < -0.3 is 0 Å². The van der Waals surface area contributed by atoms with E-state index in [1.54, 1.807) is 24.3 Å². The zero-order valence-corrected chi connectivity index (χ0v) is 13.2. The van der Waals surface area contributed by atoms with E-state index in [-0.39, 0.29) is 5.41 Å². The normalized spacial score (nSPS) is 11.2. The quantitative estimate of drug-likeness (QED) is 0.760. The summed E-state index contributed by atoms with van der Waals surface area (Å²) in [7, 11) is 0. The minimum absolute atomic E-state index is 0.262. The van der Waals surface area contributed by atoms with E-state index in [1.807, 2.05) is 24.3 Å². The van der Waals surface area contributed by atoms with Crippen molar-refractivity contribution in [3.05, 3.63) is 70.8 Å². The lowest BCUT2D eigenvalue weighted by Gasteiger charge is -2.26. The van der Waals surface area contributed by atoms with Crippen LogP contribution >= 0.6 is 23.2 Å². The molecule has 0 radical (unpaired) electrons. The molecule has 2 aromatic carbocycles. The molecule has 2 aromatic rings. The Hall–Kier alpha value is -1.64. The number of hydrogen-bond donors (Lipinski definition) is 0. The third-order valence-electron chi connectivity index (χ3n) is 3.67. The Labute approximate surface area is 133 Å². The molecule has 21 heavy (non-hydrogen) atoms. The Bertz CT molecular complexity index is 611.